The molecule has 29 heavy (non-hydrogen) atoms. The molecule has 0 aliphatic heterocycles. The monoisotopic (exact) mass is 428 g/mol. The summed E-state index contributed by atoms with van der Waals surface area (Å²) in [7, 11) is 1.62. The molecule has 0 atom stereocenters. The van der Waals surface area contributed by atoms with Gasteiger partial charge in [0, 0.05) is 11.9 Å². The summed E-state index contributed by atoms with van der Waals surface area (Å²) in [5.41, 5.74) is 0.490. The fraction of sp³-hybridized carbons (Fsp3) is 0.167. The van der Waals surface area contributed by atoms with E-state index in [1.54, 1.807) is 29.6 Å². The van der Waals surface area contributed by atoms with Crippen LogP contribution < -0.4 is 16.2 Å². The Labute approximate surface area is 172 Å². The van der Waals surface area contributed by atoms with E-state index in [9.17, 15) is 14.4 Å². The highest BCUT2D eigenvalue weighted by Crippen LogP contribution is 2.20. The number of hydrogen-bond acceptors (Lipinski definition) is 7. The molecule has 11 heteroatoms. The van der Waals surface area contributed by atoms with Crippen molar-refractivity contribution >= 4 is 51.7 Å². The first kappa shape index (κ1) is 19.2. The van der Waals surface area contributed by atoms with E-state index in [-0.39, 0.29) is 11.3 Å². The van der Waals surface area contributed by atoms with Crippen molar-refractivity contribution < 1.29 is 9.59 Å². The summed E-state index contributed by atoms with van der Waals surface area (Å²) in [6, 6.07) is 10.4. The maximum atomic E-state index is 12.5. The third-order valence-electron chi connectivity index (χ3n) is 4.18. The van der Waals surface area contributed by atoms with Gasteiger partial charge in [0.25, 0.3) is 5.56 Å². The van der Waals surface area contributed by atoms with Crippen LogP contribution in [0, 0.1) is 0 Å². The van der Waals surface area contributed by atoms with E-state index < -0.39 is 11.9 Å². The van der Waals surface area contributed by atoms with Crippen molar-refractivity contribution in [3.8, 4) is 0 Å². The lowest BCUT2D eigenvalue weighted by Crippen LogP contribution is -2.39. The standard InChI is InChI=1S/C18H16N6O3S2/c1-23-15(26)12-6-2-3-7-13(12)24-17(23)21-22-18(24)29-10-14(25)20-16(27)19-9-11-5-4-8-28-11/h2-8H,9-10H2,1H3,(H2,19,20,25,27). The molecule has 4 aromatic rings. The summed E-state index contributed by atoms with van der Waals surface area (Å²) in [5.74, 6) is -0.0976. The van der Waals surface area contributed by atoms with Crippen molar-refractivity contribution in [3.63, 3.8) is 0 Å². The van der Waals surface area contributed by atoms with Gasteiger partial charge < -0.3 is 5.32 Å². The Morgan fingerprint density at radius 3 is 2.79 bits per heavy atom. The maximum absolute atomic E-state index is 12.5. The summed E-state index contributed by atoms with van der Waals surface area (Å²) in [5, 5.41) is 16.0. The number of amides is 3. The zero-order valence-electron chi connectivity index (χ0n) is 15.3. The van der Waals surface area contributed by atoms with E-state index >= 15 is 0 Å². The number of rotatable bonds is 5. The number of imide groups is 1. The van der Waals surface area contributed by atoms with Crippen LogP contribution in [0.2, 0.25) is 0 Å². The molecule has 9 nitrogen and oxygen atoms in total. The molecule has 1 aromatic carbocycles. The SMILES string of the molecule is Cn1c(=O)c2ccccc2n2c(SCC(=O)NC(=O)NCc3cccs3)nnc12. The lowest BCUT2D eigenvalue weighted by atomic mass is 10.2. The fourth-order valence-corrected chi connectivity index (χ4v) is 4.21. The lowest BCUT2D eigenvalue weighted by Gasteiger charge is -2.08. The molecular weight excluding hydrogens is 412 g/mol. The summed E-state index contributed by atoms with van der Waals surface area (Å²) in [4.78, 5) is 37.4. The molecule has 0 unspecified atom stereocenters. The van der Waals surface area contributed by atoms with Crippen molar-refractivity contribution in [1.82, 2.24) is 29.8 Å². The van der Waals surface area contributed by atoms with Crippen LogP contribution in [-0.2, 0) is 18.4 Å². The molecular formula is C18H16N6O3S2. The molecule has 0 saturated carbocycles. The topological polar surface area (TPSA) is 110 Å². The van der Waals surface area contributed by atoms with Crippen LogP contribution in [0.15, 0.2) is 51.7 Å². The number of thiophene rings is 1. The first-order chi connectivity index (χ1) is 14.0. The van der Waals surface area contributed by atoms with Crippen LogP contribution >= 0.6 is 23.1 Å². The molecule has 3 amide bonds. The van der Waals surface area contributed by atoms with Crippen LogP contribution in [0.3, 0.4) is 0 Å². The van der Waals surface area contributed by atoms with Gasteiger partial charge in [-0.25, -0.2) is 4.79 Å². The van der Waals surface area contributed by atoms with Gasteiger partial charge >= 0.3 is 6.03 Å². The Morgan fingerprint density at radius 1 is 1.17 bits per heavy atom. The first-order valence-corrected chi connectivity index (χ1v) is 10.5. The Bertz CT molecular complexity index is 1260. The number of carbonyl (C=O) groups is 2. The van der Waals surface area contributed by atoms with Gasteiger partial charge in [0.15, 0.2) is 5.16 Å². The summed E-state index contributed by atoms with van der Waals surface area (Å²) >= 11 is 2.66. The molecule has 0 bridgehead atoms. The number of nitrogens with one attached hydrogen (secondary N) is 2. The number of carbonyl (C=O) groups excluding carboxylic acids is 2. The fourth-order valence-electron chi connectivity index (χ4n) is 2.82. The number of fused-ring (bicyclic) bond motifs is 3. The minimum Gasteiger partial charge on any atom is -0.333 e. The molecule has 0 spiro atoms. The van der Waals surface area contributed by atoms with Crippen molar-refractivity contribution in [2.75, 3.05) is 5.75 Å². The molecule has 2 N–H and O–H groups in total. The quantitative estimate of drug-likeness (QED) is 0.469. The number of para-hydroxylation sites is 1. The normalized spacial score (nSPS) is 11.1. The first-order valence-electron chi connectivity index (χ1n) is 8.60. The van der Waals surface area contributed by atoms with Crippen LogP contribution in [-0.4, -0.2) is 36.9 Å². The highest BCUT2D eigenvalue weighted by Gasteiger charge is 2.16. The number of aromatic nitrogens is 4. The number of nitrogens with zero attached hydrogens (tertiary/aromatic N) is 4. The van der Waals surface area contributed by atoms with Gasteiger partial charge in [-0.05, 0) is 23.6 Å². The Morgan fingerprint density at radius 2 is 2.00 bits per heavy atom. The summed E-state index contributed by atoms with van der Waals surface area (Å²) in [6.07, 6.45) is 0. The van der Waals surface area contributed by atoms with E-state index in [1.807, 2.05) is 23.6 Å². The van der Waals surface area contributed by atoms with E-state index in [1.165, 1.54) is 15.9 Å². The van der Waals surface area contributed by atoms with Crippen LogP contribution in [0.25, 0.3) is 16.7 Å². The highest BCUT2D eigenvalue weighted by atomic mass is 32.2. The van der Waals surface area contributed by atoms with Crippen molar-refractivity contribution in [1.29, 1.82) is 0 Å². The molecule has 0 aliphatic rings. The number of thioether (sulfide) groups is 1. The van der Waals surface area contributed by atoms with Crippen molar-refractivity contribution in [2.45, 2.75) is 11.7 Å². The van der Waals surface area contributed by atoms with Gasteiger partial charge in [0.1, 0.15) is 0 Å². The average molecular weight is 428 g/mol. The zero-order valence-corrected chi connectivity index (χ0v) is 16.9. The molecule has 0 saturated heterocycles. The second kappa shape index (κ2) is 8.05. The van der Waals surface area contributed by atoms with Crippen LogP contribution in [0.1, 0.15) is 4.88 Å². The summed E-state index contributed by atoms with van der Waals surface area (Å²) in [6.45, 7) is 0.360. The second-order valence-corrected chi connectivity index (χ2v) is 8.07. The molecule has 0 aliphatic carbocycles. The molecule has 0 radical (unpaired) electrons. The van der Waals surface area contributed by atoms with Crippen LogP contribution in [0.4, 0.5) is 4.79 Å². The Balaban J connectivity index is 1.46. The zero-order chi connectivity index (χ0) is 20.4. The van der Waals surface area contributed by atoms with E-state index in [0.29, 0.717) is 28.4 Å². The van der Waals surface area contributed by atoms with Gasteiger partial charge in [-0.15, -0.1) is 21.5 Å². The molecule has 3 aromatic heterocycles. The Kier molecular flexibility index (Phi) is 5.32. The van der Waals surface area contributed by atoms with E-state index in [0.717, 1.165) is 16.6 Å². The highest BCUT2D eigenvalue weighted by molar-refractivity contribution is 7.99. The van der Waals surface area contributed by atoms with Crippen molar-refractivity contribution in [2.24, 2.45) is 7.05 Å². The van der Waals surface area contributed by atoms with Gasteiger partial charge in [0.2, 0.25) is 11.7 Å². The Hall–Kier alpha value is -3.18. The minimum atomic E-state index is -0.553. The smallest absolute Gasteiger partial charge is 0.321 e. The molecule has 3 heterocycles. The molecule has 148 valence electrons. The number of aryl methyl sites for hydroxylation is 1. The predicted octanol–water partition coefficient (Wildman–Crippen LogP) is 1.76. The number of urea groups is 1. The lowest BCUT2D eigenvalue weighted by molar-refractivity contribution is -0.117. The van der Waals surface area contributed by atoms with Gasteiger partial charge in [-0.1, -0.05) is 30.0 Å². The van der Waals surface area contributed by atoms with Gasteiger partial charge in [-0.2, -0.15) is 0 Å². The third-order valence-corrected chi connectivity index (χ3v) is 5.99. The van der Waals surface area contributed by atoms with Crippen LogP contribution in [0.5, 0.6) is 0 Å². The van der Waals surface area contributed by atoms with Gasteiger partial charge in [0.05, 0.1) is 23.2 Å². The largest absolute Gasteiger partial charge is 0.333 e. The predicted molar refractivity (Wildman–Crippen MR) is 111 cm³/mol. The van der Waals surface area contributed by atoms with E-state index in [2.05, 4.69) is 20.8 Å². The number of benzene rings is 1. The third kappa shape index (κ3) is 3.87. The molecule has 4 rings (SSSR count). The van der Waals surface area contributed by atoms with Crippen molar-refractivity contribution in [3.05, 3.63) is 57.0 Å². The van der Waals surface area contributed by atoms with E-state index in [4.69, 9.17) is 0 Å². The average Bonchev–Trinajstić information content (AvgIpc) is 3.39. The minimum absolute atomic E-state index is 0.0234. The maximum Gasteiger partial charge on any atom is 0.321 e. The second-order valence-electron chi connectivity index (χ2n) is 6.10. The molecule has 0 fully saturated rings. The summed E-state index contributed by atoms with van der Waals surface area (Å²) < 4.78 is 3.14. The van der Waals surface area contributed by atoms with Gasteiger partial charge in [-0.3, -0.25) is 23.9 Å². The number of hydrogen-bond donors (Lipinski definition) is 2.